The van der Waals surface area contributed by atoms with Gasteiger partial charge in [-0.3, -0.25) is 9.78 Å². The third-order valence-electron chi connectivity index (χ3n) is 5.39. The first-order valence-corrected chi connectivity index (χ1v) is 10.6. The molecule has 0 saturated heterocycles. The molecular formula is C25H24N7O2+. The van der Waals surface area contributed by atoms with Crippen LogP contribution in [0.4, 0.5) is 5.69 Å². The smallest absolute Gasteiger partial charge is 0.308 e. The largest absolute Gasteiger partial charge is 0.496 e. The Morgan fingerprint density at radius 1 is 1.18 bits per heavy atom. The lowest BCUT2D eigenvalue weighted by atomic mass is 10.1. The van der Waals surface area contributed by atoms with Crippen LogP contribution in [-0.2, 0) is 13.6 Å². The van der Waals surface area contributed by atoms with E-state index >= 15 is 0 Å². The van der Waals surface area contributed by atoms with Gasteiger partial charge in [0.2, 0.25) is 0 Å². The Hall–Kier alpha value is -4.71. The molecule has 9 nitrogen and oxygen atoms in total. The highest BCUT2D eigenvalue weighted by Gasteiger charge is 2.20. The molecule has 4 aromatic rings. The summed E-state index contributed by atoms with van der Waals surface area (Å²) >= 11 is 0. The van der Waals surface area contributed by atoms with Gasteiger partial charge >= 0.3 is 5.82 Å². The van der Waals surface area contributed by atoms with Crippen LogP contribution in [0.15, 0.2) is 73.1 Å². The Labute approximate surface area is 197 Å². The molecule has 9 heteroatoms. The minimum Gasteiger partial charge on any atom is -0.496 e. The first kappa shape index (κ1) is 22.5. The number of methoxy groups -OCH3 is 1. The van der Waals surface area contributed by atoms with Gasteiger partial charge in [0.15, 0.2) is 0 Å². The number of carbonyl (C=O) groups is 1. The number of amides is 1. The number of carbonyl (C=O) groups excluding carboxylic acids is 1. The van der Waals surface area contributed by atoms with E-state index in [0.29, 0.717) is 23.4 Å². The molecular weight excluding hydrogens is 430 g/mol. The van der Waals surface area contributed by atoms with Gasteiger partial charge in [-0.1, -0.05) is 24.3 Å². The van der Waals surface area contributed by atoms with Crippen LogP contribution < -0.4 is 19.9 Å². The number of pyridine rings is 1. The van der Waals surface area contributed by atoms with E-state index in [1.807, 2.05) is 35.9 Å². The van der Waals surface area contributed by atoms with E-state index in [4.69, 9.17) is 4.74 Å². The van der Waals surface area contributed by atoms with Crippen molar-refractivity contribution in [2.75, 3.05) is 12.4 Å². The number of H-pyrrole nitrogens is 1. The normalized spacial score (nSPS) is 11.3. The summed E-state index contributed by atoms with van der Waals surface area (Å²) < 4.78 is 7.28. The van der Waals surface area contributed by atoms with Crippen LogP contribution in [0.3, 0.4) is 0 Å². The molecule has 2 aromatic heterocycles. The molecule has 1 amide bonds. The molecule has 2 aromatic carbocycles. The molecule has 0 aliphatic heterocycles. The molecule has 0 aliphatic rings. The van der Waals surface area contributed by atoms with Crippen molar-refractivity contribution >= 4 is 11.6 Å². The Kier molecular flexibility index (Phi) is 6.79. The third kappa shape index (κ3) is 4.86. The highest BCUT2D eigenvalue weighted by Crippen LogP contribution is 2.25. The number of aromatic nitrogens is 4. The second-order valence-corrected chi connectivity index (χ2v) is 7.50. The number of ether oxygens (including phenoxy) is 1. The second-order valence-electron chi connectivity index (χ2n) is 7.50. The summed E-state index contributed by atoms with van der Waals surface area (Å²) in [6.45, 7) is 0.474. The fourth-order valence-corrected chi connectivity index (χ4v) is 3.57. The molecule has 2 heterocycles. The third-order valence-corrected chi connectivity index (χ3v) is 5.39. The molecule has 0 radical (unpaired) electrons. The van der Waals surface area contributed by atoms with Gasteiger partial charge in [0.25, 0.3) is 11.7 Å². The first-order valence-electron chi connectivity index (χ1n) is 10.6. The number of benzene rings is 2. The lowest BCUT2D eigenvalue weighted by molar-refractivity contribution is -0.668. The van der Waals surface area contributed by atoms with Crippen molar-refractivity contribution in [3.63, 3.8) is 0 Å². The minimum atomic E-state index is -0.837. The monoisotopic (exact) mass is 454 g/mol. The van der Waals surface area contributed by atoms with Crippen LogP contribution in [0.25, 0.3) is 11.4 Å². The van der Waals surface area contributed by atoms with Crippen molar-refractivity contribution in [1.82, 2.24) is 20.5 Å². The van der Waals surface area contributed by atoms with E-state index in [1.165, 1.54) is 7.11 Å². The zero-order valence-electron chi connectivity index (χ0n) is 18.8. The number of nitrogens with zero attached hydrogens (tertiary/aromatic N) is 4. The Balaban J connectivity index is 1.45. The molecule has 34 heavy (non-hydrogen) atoms. The number of para-hydroxylation sites is 1. The van der Waals surface area contributed by atoms with Gasteiger partial charge in [-0.25, -0.2) is 4.57 Å². The van der Waals surface area contributed by atoms with Gasteiger partial charge in [0.05, 0.1) is 25.8 Å². The minimum absolute atomic E-state index is 0.354. The summed E-state index contributed by atoms with van der Waals surface area (Å²) in [5.41, 5.74) is 2.76. The quantitative estimate of drug-likeness (QED) is 0.352. The highest BCUT2D eigenvalue weighted by molar-refractivity contribution is 5.95. The highest BCUT2D eigenvalue weighted by atomic mass is 16.5. The topological polar surface area (TPSA) is 120 Å². The predicted molar refractivity (Wildman–Crippen MR) is 126 cm³/mol. The number of rotatable bonds is 8. The van der Waals surface area contributed by atoms with Crippen LogP contribution in [0.5, 0.6) is 5.75 Å². The lowest BCUT2D eigenvalue weighted by Crippen LogP contribution is -2.34. The van der Waals surface area contributed by atoms with E-state index in [2.05, 4.69) is 31.9 Å². The summed E-state index contributed by atoms with van der Waals surface area (Å²) in [6, 6.07) is 19.3. The fraction of sp³-hybridized carbons (Fsp3) is 0.160. The van der Waals surface area contributed by atoms with Gasteiger partial charge in [-0.2, -0.15) is 5.26 Å². The molecule has 1 atom stereocenters. The summed E-state index contributed by atoms with van der Waals surface area (Å²) in [7, 11) is 3.46. The summed E-state index contributed by atoms with van der Waals surface area (Å²) in [5, 5.41) is 23.1. The maximum absolute atomic E-state index is 12.9. The average Bonchev–Trinajstić information content (AvgIpc) is 3.26. The van der Waals surface area contributed by atoms with E-state index in [1.54, 1.807) is 48.8 Å². The van der Waals surface area contributed by atoms with Gasteiger partial charge in [-0.15, -0.1) is 5.10 Å². The maximum Gasteiger partial charge on any atom is 0.308 e. The van der Waals surface area contributed by atoms with E-state index in [9.17, 15) is 10.1 Å². The van der Waals surface area contributed by atoms with Crippen molar-refractivity contribution in [2.45, 2.75) is 12.6 Å². The fourth-order valence-electron chi connectivity index (χ4n) is 3.57. The first-order chi connectivity index (χ1) is 16.6. The zero-order chi connectivity index (χ0) is 23.9. The number of hydrogen-bond donors (Lipinski definition) is 3. The van der Waals surface area contributed by atoms with Crippen LogP contribution in [-0.4, -0.2) is 28.2 Å². The number of hydrogen-bond acceptors (Lipinski definition) is 6. The van der Waals surface area contributed by atoms with Crippen molar-refractivity contribution in [1.29, 1.82) is 5.26 Å². The molecule has 170 valence electrons. The Morgan fingerprint density at radius 2 is 1.97 bits per heavy atom. The van der Waals surface area contributed by atoms with Crippen LogP contribution >= 0.6 is 0 Å². The van der Waals surface area contributed by atoms with Crippen LogP contribution in [0.1, 0.15) is 27.8 Å². The van der Waals surface area contributed by atoms with Crippen molar-refractivity contribution in [3.05, 3.63) is 90.0 Å². The summed E-state index contributed by atoms with van der Waals surface area (Å²) in [4.78, 5) is 16.9. The molecule has 0 unspecified atom stereocenters. The van der Waals surface area contributed by atoms with Crippen LogP contribution in [0, 0.1) is 11.3 Å². The molecule has 0 bridgehead atoms. The second kappa shape index (κ2) is 10.3. The summed E-state index contributed by atoms with van der Waals surface area (Å²) in [5.74, 6) is 1.85. The molecule has 0 spiro atoms. The van der Waals surface area contributed by atoms with E-state index < -0.39 is 6.04 Å². The molecule has 0 saturated carbocycles. The zero-order valence-corrected chi connectivity index (χ0v) is 18.8. The average molecular weight is 455 g/mol. The van der Waals surface area contributed by atoms with Gasteiger partial charge in [-0.05, 0) is 36.4 Å². The van der Waals surface area contributed by atoms with E-state index in [0.717, 1.165) is 22.9 Å². The number of anilines is 1. The molecule has 3 N–H and O–H groups in total. The van der Waals surface area contributed by atoms with Gasteiger partial charge in [0.1, 0.15) is 18.3 Å². The van der Waals surface area contributed by atoms with Gasteiger partial charge < -0.3 is 15.4 Å². The standard InChI is InChI=1S/C25H23N7O2/c1-32-23(30-31-24(32)17-10-12-27-13-11-17)16-28-19-7-5-6-18(14-19)25(33)29-21(15-26)20-8-3-4-9-22(20)34-2/h3-14,21,28H,16H2,1-2H3,(H,29,33)/p+1/t21-/m1/s1. The number of nitrogens with one attached hydrogen (secondary N) is 3. The lowest BCUT2D eigenvalue weighted by Gasteiger charge is -2.15. The predicted octanol–water partition coefficient (Wildman–Crippen LogP) is 2.91. The number of nitriles is 1. The van der Waals surface area contributed by atoms with Gasteiger partial charge in [0, 0.05) is 34.3 Å². The van der Waals surface area contributed by atoms with Crippen LogP contribution in [0.2, 0.25) is 0 Å². The van der Waals surface area contributed by atoms with Crippen molar-refractivity contribution in [3.8, 4) is 23.2 Å². The van der Waals surface area contributed by atoms with Crippen molar-refractivity contribution < 1.29 is 14.1 Å². The Bertz CT molecular complexity index is 1330. The van der Waals surface area contributed by atoms with Crippen molar-refractivity contribution in [2.24, 2.45) is 7.05 Å². The molecule has 0 aliphatic carbocycles. The molecule has 4 rings (SSSR count). The summed E-state index contributed by atoms with van der Waals surface area (Å²) in [6.07, 6.45) is 3.45. The Morgan fingerprint density at radius 3 is 2.74 bits per heavy atom. The number of aromatic amines is 1. The van der Waals surface area contributed by atoms with E-state index in [-0.39, 0.29) is 5.91 Å². The molecule has 0 fully saturated rings. The SMILES string of the molecule is COc1ccccc1[C@@H](C#N)NC(=O)c1cccc(NCc2[nH]nc(-c3ccncc3)[n+]2C)c1. The maximum atomic E-state index is 12.9.